The van der Waals surface area contributed by atoms with Gasteiger partial charge in [0.25, 0.3) is 0 Å². The maximum Gasteiger partial charge on any atom is 0.185 e. The van der Waals surface area contributed by atoms with Crippen molar-refractivity contribution in [2.24, 2.45) is 0 Å². The second-order valence-electron chi connectivity index (χ2n) is 3.15. The molecule has 0 unspecified atom stereocenters. The van der Waals surface area contributed by atoms with Crippen LogP contribution in [-0.2, 0) is 4.74 Å². The summed E-state index contributed by atoms with van der Waals surface area (Å²) in [6.45, 7) is 1.56. The van der Waals surface area contributed by atoms with Crippen LogP contribution < -0.4 is 0 Å². The van der Waals surface area contributed by atoms with Crippen LogP contribution in [0.1, 0.15) is 29.5 Å². The number of imidazole rings is 1. The van der Waals surface area contributed by atoms with E-state index in [9.17, 15) is 4.79 Å². The summed E-state index contributed by atoms with van der Waals surface area (Å²) < 4.78 is 7.19. The highest BCUT2D eigenvalue weighted by atomic mass is 16.5. The second kappa shape index (κ2) is 3.70. The van der Waals surface area contributed by atoms with E-state index >= 15 is 0 Å². The van der Waals surface area contributed by atoms with Crippen molar-refractivity contribution in [2.75, 3.05) is 13.2 Å². The normalized spacial score (nSPS) is 18.8. The van der Waals surface area contributed by atoms with E-state index in [0.29, 0.717) is 11.9 Å². The minimum absolute atomic E-state index is 0.386. The van der Waals surface area contributed by atoms with Gasteiger partial charge in [-0.3, -0.25) is 4.79 Å². The molecule has 1 aromatic rings. The first-order valence-corrected chi connectivity index (χ1v) is 4.47. The molecule has 1 saturated heterocycles. The smallest absolute Gasteiger partial charge is 0.185 e. The largest absolute Gasteiger partial charge is 0.381 e. The molecule has 1 aliphatic rings. The number of hydrogen-bond acceptors (Lipinski definition) is 3. The van der Waals surface area contributed by atoms with E-state index in [0.717, 1.165) is 32.3 Å². The molecule has 1 fully saturated rings. The average molecular weight is 180 g/mol. The van der Waals surface area contributed by atoms with Gasteiger partial charge in [-0.2, -0.15) is 0 Å². The second-order valence-corrected chi connectivity index (χ2v) is 3.15. The molecule has 0 amide bonds. The van der Waals surface area contributed by atoms with Crippen LogP contribution in [0.25, 0.3) is 0 Å². The molecule has 1 aromatic heterocycles. The summed E-state index contributed by atoms with van der Waals surface area (Å²) in [5.74, 6) is 0.520. The first-order valence-electron chi connectivity index (χ1n) is 4.47. The molecule has 0 bridgehead atoms. The number of aldehydes is 1. The first kappa shape index (κ1) is 8.44. The lowest BCUT2D eigenvalue weighted by Crippen LogP contribution is -2.20. The van der Waals surface area contributed by atoms with Crippen molar-refractivity contribution in [3.8, 4) is 0 Å². The van der Waals surface area contributed by atoms with Crippen LogP contribution in [0.5, 0.6) is 0 Å². The van der Waals surface area contributed by atoms with Crippen molar-refractivity contribution in [3.05, 3.63) is 18.2 Å². The van der Waals surface area contributed by atoms with Gasteiger partial charge in [-0.05, 0) is 12.8 Å². The third-order valence-electron chi connectivity index (χ3n) is 2.39. The zero-order valence-corrected chi connectivity index (χ0v) is 7.35. The molecule has 0 radical (unpaired) electrons. The zero-order valence-electron chi connectivity index (χ0n) is 7.35. The highest BCUT2D eigenvalue weighted by Crippen LogP contribution is 2.21. The van der Waals surface area contributed by atoms with E-state index in [-0.39, 0.29) is 0 Å². The molecule has 0 spiro atoms. The third kappa shape index (κ3) is 1.62. The number of carbonyl (C=O) groups excluding carboxylic acids is 1. The van der Waals surface area contributed by atoms with Gasteiger partial charge in [0.1, 0.15) is 0 Å². The standard InChI is InChI=1S/C9H12N2O2/c12-7-9-10-3-4-11(9)8-1-5-13-6-2-8/h3-4,7-8H,1-2,5-6H2. The van der Waals surface area contributed by atoms with E-state index in [1.165, 1.54) is 0 Å². The van der Waals surface area contributed by atoms with E-state index in [2.05, 4.69) is 4.98 Å². The highest BCUT2D eigenvalue weighted by molar-refractivity contribution is 5.69. The maximum atomic E-state index is 10.6. The van der Waals surface area contributed by atoms with E-state index < -0.39 is 0 Å². The fraction of sp³-hybridized carbons (Fsp3) is 0.556. The van der Waals surface area contributed by atoms with Gasteiger partial charge in [0, 0.05) is 31.6 Å². The molecular formula is C9H12N2O2. The Labute approximate surface area is 76.5 Å². The van der Waals surface area contributed by atoms with Gasteiger partial charge in [0.05, 0.1) is 0 Å². The average Bonchev–Trinajstić information content (AvgIpc) is 2.67. The monoisotopic (exact) mass is 180 g/mol. The first-order chi connectivity index (χ1) is 6.42. The maximum absolute atomic E-state index is 10.6. The number of nitrogens with zero attached hydrogens (tertiary/aromatic N) is 2. The topological polar surface area (TPSA) is 44.1 Å². The van der Waals surface area contributed by atoms with Gasteiger partial charge < -0.3 is 9.30 Å². The minimum atomic E-state index is 0.386. The van der Waals surface area contributed by atoms with Crippen molar-refractivity contribution < 1.29 is 9.53 Å². The fourth-order valence-corrected chi connectivity index (χ4v) is 1.69. The number of hydrogen-bond donors (Lipinski definition) is 0. The third-order valence-corrected chi connectivity index (χ3v) is 2.39. The highest BCUT2D eigenvalue weighted by Gasteiger charge is 2.17. The summed E-state index contributed by atoms with van der Waals surface area (Å²) in [6.07, 6.45) is 6.27. The van der Waals surface area contributed by atoms with Gasteiger partial charge in [0.2, 0.25) is 0 Å². The molecule has 0 atom stereocenters. The summed E-state index contributed by atoms with van der Waals surface area (Å²) in [4.78, 5) is 14.6. The number of aromatic nitrogens is 2. The summed E-state index contributed by atoms with van der Waals surface area (Å²) in [7, 11) is 0. The molecule has 2 heterocycles. The molecular weight excluding hydrogens is 168 g/mol. The molecule has 13 heavy (non-hydrogen) atoms. The van der Waals surface area contributed by atoms with Crippen LogP contribution >= 0.6 is 0 Å². The fourth-order valence-electron chi connectivity index (χ4n) is 1.69. The SMILES string of the molecule is O=Cc1nccn1C1CCOCC1. The lowest BCUT2D eigenvalue weighted by Gasteiger charge is -2.23. The Morgan fingerprint density at radius 2 is 2.31 bits per heavy atom. The Bertz CT molecular complexity index is 290. The predicted molar refractivity (Wildman–Crippen MR) is 46.7 cm³/mol. The van der Waals surface area contributed by atoms with Gasteiger partial charge >= 0.3 is 0 Å². The van der Waals surface area contributed by atoms with Crippen LogP contribution in [0.3, 0.4) is 0 Å². The van der Waals surface area contributed by atoms with E-state index in [4.69, 9.17) is 4.74 Å². The minimum Gasteiger partial charge on any atom is -0.381 e. The predicted octanol–water partition coefficient (Wildman–Crippen LogP) is 1.05. The van der Waals surface area contributed by atoms with Gasteiger partial charge in [-0.1, -0.05) is 0 Å². The van der Waals surface area contributed by atoms with Crippen LogP contribution in [0, 0.1) is 0 Å². The summed E-state index contributed by atoms with van der Waals surface area (Å²) >= 11 is 0. The summed E-state index contributed by atoms with van der Waals surface area (Å²) in [6, 6.07) is 0.386. The van der Waals surface area contributed by atoms with Crippen molar-refractivity contribution in [3.63, 3.8) is 0 Å². The lowest BCUT2D eigenvalue weighted by atomic mass is 10.1. The number of rotatable bonds is 2. The van der Waals surface area contributed by atoms with Crippen LogP contribution in [0.15, 0.2) is 12.4 Å². The van der Waals surface area contributed by atoms with Crippen molar-refractivity contribution in [1.82, 2.24) is 9.55 Å². The number of carbonyl (C=O) groups is 1. The molecule has 70 valence electrons. The van der Waals surface area contributed by atoms with Gasteiger partial charge in [-0.25, -0.2) is 4.98 Å². The van der Waals surface area contributed by atoms with Gasteiger partial charge in [-0.15, -0.1) is 0 Å². The Hall–Kier alpha value is -1.16. The summed E-state index contributed by atoms with van der Waals surface area (Å²) in [5.41, 5.74) is 0. The summed E-state index contributed by atoms with van der Waals surface area (Å²) in [5, 5.41) is 0. The molecule has 0 aromatic carbocycles. The molecule has 1 aliphatic heterocycles. The quantitative estimate of drug-likeness (QED) is 0.639. The Balaban J connectivity index is 2.17. The van der Waals surface area contributed by atoms with Gasteiger partial charge in [0.15, 0.2) is 12.1 Å². The van der Waals surface area contributed by atoms with E-state index in [1.807, 2.05) is 10.8 Å². The number of ether oxygens (including phenoxy) is 1. The molecule has 4 nitrogen and oxygen atoms in total. The van der Waals surface area contributed by atoms with Crippen molar-refractivity contribution in [2.45, 2.75) is 18.9 Å². The zero-order chi connectivity index (χ0) is 9.10. The van der Waals surface area contributed by atoms with Crippen LogP contribution in [0.2, 0.25) is 0 Å². The Morgan fingerprint density at radius 3 is 3.00 bits per heavy atom. The van der Waals surface area contributed by atoms with E-state index in [1.54, 1.807) is 6.20 Å². The molecule has 0 saturated carbocycles. The lowest BCUT2D eigenvalue weighted by molar-refractivity contribution is 0.0685. The molecule has 0 aliphatic carbocycles. The Kier molecular flexibility index (Phi) is 2.40. The van der Waals surface area contributed by atoms with Crippen LogP contribution in [0.4, 0.5) is 0 Å². The molecule has 2 rings (SSSR count). The van der Waals surface area contributed by atoms with Crippen LogP contribution in [-0.4, -0.2) is 29.1 Å². The van der Waals surface area contributed by atoms with Crippen molar-refractivity contribution >= 4 is 6.29 Å². The van der Waals surface area contributed by atoms with Crippen molar-refractivity contribution in [1.29, 1.82) is 0 Å². The molecule has 4 heteroatoms. The Morgan fingerprint density at radius 1 is 1.54 bits per heavy atom. The molecule has 0 N–H and O–H groups in total.